The number of amides is 1. The molecule has 2 atom stereocenters. The van der Waals surface area contributed by atoms with E-state index >= 15 is 0 Å². The van der Waals surface area contributed by atoms with E-state index in [0.29, 0.717) is 19.5 Å². The molecule has 2 unspecified atom stereocenters. The molecule has 0 saturated carbocycles. The molecule has 2 saturated heterocycles. The Morgan fingerprint density at radius 1 is 1.33 bits per heavy atom. The van der Waals surface area contributed by atoms with Gasteiger partial charge in [0, 0.05) is 32.7 Å². The smallest absolute Gasteiger partial charge is 0.222 e. The number of nitrogens with zero attached hydrogens (tertiary/aromatic N) is 1. The standard InChI is InChI=1S/C14H26N2O4S/c1-21(18,19)15-10-12-4-2-8-16(11-12)14(17)7-6-13-5-3-9-20-13/h12-13,15H,2-11H2,1H3. The van der Waals surface area contributed by atoms with Gasteiger partial charge in [-0.3, -0.25) is 4.79 Å². The maximum atomic E-state index is 12.2. The zero-order valence-corrected chi connectivity index (χ0v) is 13.5. The van der Waals surface area contributed by atoms with Crippen molar-refractivity contribution in [1.29, 1.82) is 0 Å². The van der Waals surface area contributed by atoms with Crippen LogP contribution in [0.2, 0.25) is 0 Å². The van der Waals surface area contributed by atoms with Crippen molar-refractivity contribution >= 4 is 15.9 Å². The third-order valence-electron chi connectivity index (χ3n) is 4.21. The van der Waals surface area contributed by atoms with Crippen molar-refractivity contribution in [3.63, 3.8) is 0 Å². The largest absolute Gasteiger partial charge is 0.378 e. The van der Waals surface area contributed by atoms with Crippen molar-refractivity contribution in [3.8, 4) is 0 Å². The second-order valence-corrected chi connectivity index (χ2v) is 7.98. The average Bonchev–Trinajstić information content (AvgIpc) is 2.95. The second kappa shape index (κ2) is 7.56. The van der Waals surface area contributed by atoms with E-state index in [1.165, 1.54) is 6.26 Å². The monoisotopic (exact) mass is 318 g/mol. The summed E-state index contributed by atoms with van der Waals surface area (Å²) in [6.45, 7) is 2.70. The molecule has 0 radical (unpaired) electrons. The Morgan fingerprint density at radius 2 is 2.14 bits per heavy atom. The van der Waals surface area contributed by atoms with E-state index in [1.807, 2.05) is 4.90 Å². The summed E-state index contributed by atoms with van der Waals surface area (Å²) in [6, 6.07) is 0. The third-order valence-corrected chi connectivity index (χ3v) is 4.90. The van der Waals surface area contributed by atoms with Gasteiger partial charge in [0.05, 0.1) is 12.4 Å². The van der Waals surface area contributed by atoms with Gasteiger partial charge in [-0.15, -0.1) is 0 Å². The Kier molecular flexibility index (Phi) is 6.01. The summed E-state index contributed by atoms with van der Waals surface area (Å²) in [6.07, 6.45) is 6.84. The molecular weight excluding hydrogens is 292 g/mol. The molecule has 6 nitrogen and oxygen atoms in total. The lowest BCUT2D eigenvalue weighted by Crippen LogP contribution is -2.43. The number of hydrogen-bond donors (Lipinski definition) is 1. The fraction of sp³-hybridized carbons (Fsp3) is 0.929. The van der Waals surface area contributed by atoms with Gasteiger partial charge in [0.25, 0.3) is 0 Å². The first-order chi connectivity index (χ1) is 9.94. The van der Waals surface area contributed by atoms with Crippen molar-refractivity contribution < 1.29 is 17.9 Å². The van der Waals surface area contributed by atoms with Gasteiger partial charge in [-0.05, 0) is 38.0 Å². The quantitative estimate of drug-likeness (QED) is 0.783. The molecule has 2 aliphatic heterocycles. The Hall–Kier alpha value is -0.660. The molecular formula is C14H26N2O4S. The Bertz CT molecular complexity index is 446. The second-order valence-electron chi connectivity index (χ2n) is 6.14. The molecule has 0 bridgehead atoms. The molecule has 1 amide bonds. The highest BCUT2D eigenvalue weighted by Crippen LogP contribution is 2.20. The molecule has 21 heavy (non-hydrogen) atoms. The van der Waals surface area contributed by atoms with Gasteiger partial charge in [-0.25, -0.2) is 13.1 Å². The first kappa shape index (κ1) is 16.7. The van der Waals surface area contributed by atoms with Crippen LogP contribution >= 0.6 is 0 Å². The highest BCUT2D eigenvalue weighted by Gasteiger charge is 2.25. The summed E-state index contributed by atoms with van der Waals surface area (Å²) < 4.78 is 30.3. The molecule has 2 heterocycles. The van der Waals surface area contributed by atoms with Crippen LogP contribution in [0.3, 0.4) is 0 Å². The SMILES string of the molecule is CS(=O)(=O)NCC1CCCN(C(=O)CCC2CCCO2)C1. The molecule has 1 N–H and O–H groups in total. The minimum atomic E-state index is -3.15. The van der Waals surface area contributed by atoms with E-state index in [-0.39, 0.29) is 17.9 Å². The Morgan fingerprint density at radius 3 is 2.81 bits per heavy atom. The minimum absolute atomic E-state index is 0.176. The molecule has 2 aliphatic rings. The Balaban J connectivity index is 1.73. The lowest BCUT2D eigenvalue weighted by molar-refractivity contribution is -0.133. The maximum Gasteiger partial charge on any atom is 0.222 e. The number of piperidine rings is 1. The van der Waals surface area contributed by atoms with Crippen LogP contribution in [0.25, 0.3) is 0 Å². The number of carbonyl (C=O) groups is 1. The van der Waals surface area contributed by atoms with Gasteiger partial charge in [0.15, 0.2) is 0 Å². The van der Waals surface area contributed by atoms with Gasteiger partial charge in [-0.2, -0.15) is 0 Å². The van der Waals surface area contributed by atoms with Crippen LogP contribution in [0.5, 0.6) is 0 Å². The molecule has 0 aliphatic carbocycles. The van der Waals surface area contributed by atoms with Crippen molar-refractivity contribution in [2.24, 2.45) is 5.92 Å². The molecule has 0 spiro atoms. The van der Waals surface area contributed by atoms with Crippen LogP contribution in [0, 0.1) is 5.92 Å². The summed E-state index contributed by atoms with van der Waals surface area (Å²) in [5.74, 6) is 0.398. The zero-order valence-electron chi connectivity index (χ0n) is 12.7. The molecule has 0 aromatic heterocycles. The molecule has 0 aromatic carbocycles. The molecule has 7 heteroatoms. The lowest BCUT2D eigenvalue weighted by atomic mass is 9.98. The maximum absolute atomic E-state index is 12.2. The summed E-state index contributed by atoms with van der Waals surface area (Å²) in [4.78, 5) is 14.1. The van der Waals surface area contributed by atoms with Gasteiger partial charge in [-0.1, -0.05) is 0 Å². The van der Waals surface area contributed by atoms with Crippen molar-refractivity contribution in [3.05, 3.63) is 0 Å². The Labute approximate surface area is 127 Å². The van der Waals surface area contributed by atoms with E-state index in [4.69, 9.17) is 4.74 Å². The van der Waals surface area contributed by atoms with Crippen LogP contribution in [0.15, 0.2) is 0 Å². The highest BCUT2D eigenvalue weighted by molar-refractivity contribution is 7.88. The predicted octanol–water partition coefficient (Wildman–Crippen LogP) is 0.733. The van der Waals surface area contributed by atoms with Gasteiger partial charge in [0.1, 0.15) is 0 Å². The average molecular weight is 318 g/mol. The number of rotatable bonds is 6. The van der Waals surface area contributed by atoms with Crippen LogP contribution in [0.4, 0.5) is 0 Å². The summed E-state index contributed by atoms with van der Waals surface area (Å²) >= 11 is 0. The number of carbonyl (C=O) groups excluding carboxylic acids is 1. The molecule has 2 rings (SSSR count). The van der Waals surface area contributed by atoms with Crippen LogP contribution in [-0.4, -0.2) is 57.8 Å². The fourth-order valence-electron chi connectivity index (χ4n) is 3.04. The van der Waals surface area contributed by atoms with E-state index in [0.717, 1.165) is 45.3 Å². The predicted molar refractivity (Wildman–Crippen MR) is 80.4 cm³/mol. The number of sulfonamides is 1. The normalized spacial score (nSPS) is 27.0. The third kappa shape index (κ3) is 5.92. The lowest BCUT2D eigenvalue weighted by Gasteiger charge is -2.33. The highest BCUT2D eigenvalue weighted by atomic mass is 32.2. The summed E-state index contributed by atoms with van der Waals surface area (Å²) in [5, 5.41) is 0. The van der Waals surface area contributed by atoms with Gasteiger partial charge in [0.2, 0.25) is 15.9 Å². The summed E-state index contributed by atoms with van der Waals surface area (Å²) in [5.41, 5.74) is 0. The number of likely N-dealkylation sites (tertiary alicyclic amines) is 1. The van der Waals surface area contributed by atoms with E-state index in [2.05, 4.69) is 4.72 Å². The van der Waals surface area contributed by atoms with Gasteiger partial charge >= 0.3 is 0 Å². The molecule has 122 valence electrons. The van der Waals surface area contributed by atoms with Crippen molar-refractivity contribution in [1.82, 2.24) is 9.62 Å². The van der Waals surface area contributed by atoms with Gasteiger partial charge < -0.3 is 9.64 Å². The zero-order chi connectivity index (χ0) is 15.3. The van der Waals surface area contributed by atoms with Crippen molar-refractivity contribution in [2.45, 2.75) is 44.6 Å². The molecule has 2 fully saturated rings. The number of ether oxygens (including phenoxy) is 1. The first-order valence-electron chi connectivity index (χ1n) is 7.78. The van der Waals surface area contributed by atoms with Crippen LogP contribution in [-0.2, 0) is 19.6 Å². The summed E-state index contributed by atoms with van der Waals surface area (Å²) in [7, 11) is -3.15. The first-order valence-corrected chi connectivity index (χ1v) is 9.67. The van der Waals surface area contributed by atoms with E-state index < -0.39 is 10.0 Å². The van der Waals surface area contributed by atoms with Crippen LogP contribution in [0.1, 0.15) is 38.5 Å². The van der Waals surface area contributed by atoms with E-state index in [9.17, 15) is 13.2 Å². The number of hydrogen-bond acceptors (Lipinski definition) is 4. The van der Waals surface area contributed by atoms with E-state index in [1.54, 1.807) is 0 Å². The topological polar surface area (TPSA) is 75.7 Å². The number of nitrogens with one attached hydrogen (secondary N) is 1. The minimum Gasteiger partial charge on any atom is -0.378 e. The van der Waals surface area contributed by atoms with Crippen molar-refractivity contribution in [2.75, 3.05) is 32.5 Å². The fourth-order valence-corrected chi connectivity index (χ4v) is 3.58. The van der Waals surface area contributed by atoms with Crippen LogP contribution < -0.4 is 4.72 Å². The molecule has 0 aromatic rings.